The van der Waals surface area contributed by atoms with Crippen molar-refractivity contribution in [3.8, 4) is 0 Å². The first-order chi connectivity index (χ1) is 8.84. The van der Waals surface area contributed by atoms with Crippen LogP contribution in [0.5, 0.6) is 0 Å². The molecule has 0 aromatic carbocycles. The molecule has 0 spiro atoms. The molecular weight excluding hydrogens is 268 g/mol. The molecule has 3 rings (SSSR count). The summed E-state index contributed by atoms with van der Waals surface area (Å²) in [6.45, 7) is 2.00. The number of rotatable bonds is 3. The van der Waals surface area contributed by atoms with E-state index in [-0.39, 0.29) is 0 Å². The maximum Gasteiger partial charge on any atom is 0.141 e. The molecule has 2 aromatic heterocycles. The van der Waals surface area contributed by atoms with Crippen molar-refractivity contribution >= 4 is 22.9 Å². The summed E-state index contributed by atoms with van der Waals surface area (Å²) in [7, 11) is 0. The number of aromatic amines is 1. The molecule has 0 saturated carbocycles. The van der Waals surface area contributed by atoms with E-state index in [1.807, 2.05) is 11.4 Å². The SMILES string of the molecule is Clc1ccsc1CN1CCCCC1c1ncn[nH]1. The highest BCUT2D eigenvalue weighted by Gasteiger charge is 2.26. The summed E-state index contributed by atoms with van der Waals surface area (Å²) in [5.41, 5.74) is 0. The summed E-state index contributed by atoms with van der Waals surface area (Å²) in [5.74, 6) is 0.974. The zero-order chi connectivity index (χ0) is 12.4. The molecule has 0 aliphatic carbocycles. The maximum absolute atomic E-state index is 6.18. The minimum Gasteiger partial charge on any atom is -0.288 e. The van der Waals surface area contributed by atoms with Gasteiger partial charge in [0.15, 0.2) is 0 Å². The van der Waals surface area contributed by atoms with Gasteiger partial charge >= 0.3 is 0 Å². The summed E-state index contributed by atoms with van der Waals surface area (Å²) < 4.78 is 0. The van der Waals surface area contributed by atoms with E-state index >= 15 is 0 Å². The molecule has 4 nitrogen and oxygen atoms in total. The van der Waals surface area contributed by atoms with E-state index < -0.39 is 0 Å². The fraction of sp³-hybridized carbons (Fsp3) is 0.500. The van der Waals surface area contributed by atoms with Crippen molar-refractivity contribution in [2.24, 2.45) is 0 Å². The molecule has 1 aliphatic heterocycles. The van der Waals surface area contributed by atoms with E-state index in [0.29, 0.717) is 6.04 Å². The second kappa shape index (κ2) is 5.38. The average Bonchev–Trinajstić information content (AvgIpc) is 3.03. The number of aromatic nitrogens is 3. The Balaban J connectivity index is 1.78. The van der Waals surface area contributed by atoms with E-state index in [1.165, 1.54) is 17.7 Å². The Morgan fingerprint density at radius 1 is 1.50 bits per heavy atom. The van der Waals surface area contributed by atoms with Crippen LogP contribution in [-0.2, 0) is 6.54 Å². The Hall–Kier alpha value is -0.910. The van der Waals surface area contributed by atoms with Crippen LogP contribution in [-0.4, -0.2) is 26.6 Å². The van der Waals surface area contributed by atoms with E-state index in [9.17, 15) is 0 Å². The number of thiophene rings is 1. The molecule has 0 bridgehead atoms. The zero-order valence-electron chi connectivity index (χ0n) is 9.97. The van der Waals surface area contributed by atoms with Gasteiger partial charge in [0.1, 0.15) is 12.2 Å². The van der Waals surface area contributed by atoms with Crippen molar-refractivity contribution in [2.75, 3.05) is 6.54 Å². The van der Waals surface area contributed by atoms with Gasteiger partial charge in [-0.1, -0.05) is 18.0 Å². The number of hydrogen-bond acceptors (Lipinski definition) is 4. The molecule has 96 valence electrons. The van der Waals surface area contributed by atoms with Gasteiger partial charge in [0.05, 0.1) is 11.1 Å². The lowest BCUT2D eigenvalue weighted by Gasteiger charge is -2.33. The van der Waals surface area contributed by atoms with Crippen LogP contribution < -0.4 is 0 Å². The quantitative estimate of drug-likeness (QED) is 0.940. The Kier molecular flexibility index (Phi) is 3.63. The van der Waals surface area contributed by atoms with E-state index in [4.69, 9.17) is 11.6 Å². The fourth-order valence-corrected chi connectivity index (χ4v) is 3.61. The van der Waals surface area contributed by atoms with Crippen LogP contribution in [0.15, 0.2) is 17.8 Å². The highest BCUT2D eigenvalue weighted by Crippen LogP contribution is 2.32. The third kappa shape index (κ3) is 2.43. The lowest BCUT2D eigenvalue weighted by Crippen LogP contribution is -2.33. The van der Waals surface area contributed by atoms with Crippen molar-refractivity contribution in [1.29, 1.82) is 0 Å². The molecule has 3 heterocycles. The van der Waals surface area contributed by atoms with Crippen molar-refractivity contribution in [3.63, 3.8) is 0 Å². The summed E-state index contributed by atoms with van der Waals surface area (Å²) in [4.78, 5) is 7.99. The molecule has 1 atom stereocenters. The first kappa shape index (κ1) is 12.1. The summed E-state index contributed by atoms with van der Waals surface area (Å²) in [6.07, 6.45) is 5.21. The van der Waals surface area contributed by atoms with E-state index in [2.05, 4.69) is 20.1 Å². The minimum atomic E-state index is 0.347. The molecule has 2 aromatic rings. The number of likely N-dealkylation sites (tertiary alicyclic amines) is 1. The topological polar surface area (TPSA) is 44.8 Å². The summed E-state index contributed by atoms with van der Waals surface area (Å²) in [6, 6.07) is 2.31. The lowest BCUT2D eigenvalue weighted by atomic mass is 10.0. The van der Waals surface area contributed by atoms with Crippen LogP contribution in [0.1, 0.15) is 36.0 Å². The molecule has 1 unspecified atom stereocenters. The molecule has 6 heteroatoms. The van der Waals surface area contributed by atoms with Gasteiger partial charge in [0.2, 0.25) is 0 Å². The number of H-pyrrole nitrogens is 1. The molecule has 1 saturated heterocycles. The predicted octanol–water partition coefficient (Wildman–Crippen LogP) is 3.25. The van der Waals surface area contributed by atoms with Gasteiger partial charge in [-0.25, -0.2) is 4.98 Å². The number of hydrogen-bond donors (Lipinski definition) is 1. The highest BCUT2D eigenvalue weighted by molar-refractivity contribution is 7.10. The number of nitrogens with one attached hydrogen (secondary N) is 1. The lowest BCUT2D eigenvalue weighted by molar-refractivity contribution is 0.135. The monoisotopic (exact) mass is 282 g/mol. The first-order valence-electron chi connectivity index (χ1n) is 6.16. The molecule has 1 N–H and O–H groups in total. The van der Waals surface area contributed by atoms with Gasteiger partial charge in [-0.3, -0.25) is 10.00 Å². The second-order valence-electron chi connectivity index (χ2n) is 4.54. The summed E-state index contributed by atoms with van der Waals surface area (Å²) in [5, 5.41) is 9.88. The van der Waals surface area contributed by atoms with Crippen molar-refractivity contribution in [3.05, 3.63) is 33.5 Å². The van der Waals surface area contributed by atoms with Gasteiger partial charge in [0.25, 0.3) is 0 Å². The van der Waals surface area contributed by atoms with Gasteiger partial charge in [-0.2, -0.15) is 5.10 Å². The van der Waals surface area contributed by atoms with Crippen molar-refractivity contribution in [2.45, 2.75) is 31.8 Å². The van der Waals surface area contributed by atoms with Crippen molar-refractivity contribution < 1.29 is 0 Å². The van der Waals surface area contributed by atoms with Gasteiger partial charge in [-0.05, 0) is 30.8 Å². The fourth-order valence-electron chi connectivity index (χ4n) is 2.49. The van der Waals surface area contributed by atoms with E-state index in [0.717, 1.165) is 30.4 Å². The first-order valence-corrected chi connectivity index (χ1v) is 7.41. The van der Waals surface area contributed by atoms with Gasteiger partial charge in [-0.15, -0.1) is 11.3 Å². The second-order valence-corrected chi connectivity index (χ2v) is 5.95. The largest absolute Gasteiger partial charge is 0.288 e. The normalized spacial score (nSPS) is 21.3. The molecule has 0 radical (unpaired) electrons. The van der Waals surface area contributed by atoms with Gasteiger partial charge in [0, 0.05) is 11.4 Å². The number of nitrogens with zero attached hydrogens (tertiary/aromatic N) is 3. The Bertz CT molecular complexity index is 496. The molecular formula is C12H15ClN4S. The Morgan fingerprint density at radius 2 is 2.44 bits per heavy atom. The standard InChI is InChI=1S/C12H15ClN4S/c13-9-4-6-18-11(9)7-17-5-2-1-3-10(17)12-14-8-15-16-12/h4,6,8,10H,1-3,5,7H2,(H,14,15,16). The minimum absolute atomic E-state index is 0.347. The van der Waals surface area contributed by atoms with Gasteiger partial charge < -0.3 is 0 Å². The van der Waals surface area contributed by atoms with Crippen LogP contribution in [0.3, 0.4) is 0 Å². The van der Waals surface area contributed by atoms with Crippen LogP contribution in [0.25, 0.3) is 0 Å². The van der Waals surface area contributed by atoms with Crippen LogP contribution >= 0.6 is 22.9 Å². The summed E-state index contributed by atoms with van der Waals surface area (Å²) >= 11 is 7.90. The van der Waals surface area contributed by atoms with Crippen molar-refractivity contribution in [1.82, 2.24) is 20.1 Å². The van der Waals surface area contributed by atoms with Crippen LogP contribution in [0, 0.1) is 0 Å². The maximum atomic E-state index is 6.18. The molecule has 18 heavy (non-hydrogen) atoms. The third-order valence-electron chi connectivity index (χ3n) is 3.40. The Labute approximate surface area is 115 Å². The molecule has 1 aliphatic rings. The number of halogens is 1. The third-order valence-corrected chi connectivity index (χ3v) is 4.77. The Morgan fingerprint density at radius 3 is 3.17 bits per heavy atom. The highest BCUT2D eigenvalue weighted by atomic mass is 35.5. The predicted molar refractivity (Wildman–Crippen MR) is 72.7 cm³/mol. The number of piperidine rings is 1. The zero-order valence-corrected chi connectivity index (χ0v) is 11.5. The smallest absolute Gasteiger partial charge is 0.141 e. The van der Waals surface area contributed by atoms with Crippen LogP contribution in [0.2, 0.25) is 5.02 Å². The van der Waals surface area contributed by atoms with Crippen LogP contribution in [0.4, 0.5) is 0 Å². The average molecular weight is 283 g/mol. The molecule has 0 amide bonds. The van der Waals surface area contributed by atoms with E-state index in [1.54, 1.807) is 17.7 Å². The molecule has 1 fully saturated rings.